The molecule has 0 atom stereocenters. The number of aliphatic hydroxyl groups excluding tert-OH is 1. The molecule has 4 heteroatoms. The molecule has 0 aliphatic rings. The lowest BCUT2D eigenvalue weighted by Crippen LogP contribution is -2.13. The second-order valence-electron chi connectivity index (χ2n) is 2.02. The number of hydrogen-bond acceptors (Lipinski definition) is 4. The fourth-order valence-corrected chi connectivity index (χ4v) is 0.333. The first-order chi connectivity index (χ1) is 5.07. The van der Waals surface area contributed by atoms with Crippen LogP contribution < -0.4 is 0 Å². The van der Waals surface area contributed by atoms with E-state index in [1.807, 2.05) is 0 Å². The van der Waals surface area contributed by atoms with Crippen LogP contribution in [0.3, 0.4) is 0 Å². The van der Waals surface area contributed by atoms with E-state index in [0.717, 1.165) is 0 Å². The van der Waals surface area contributed by atoms with Crippen LogP contribution in [-0.2, 0) is 14.3 Å². The van der Waals surface area contributed by atoms with Gasteiger partial charge in [-0.15, -0.1) is 0 Å². The van der Waals surface area contributed by atoms with Crippen molar-refractivity contribution in [3.63, 3.8) is 0 Å². The van der Waals surface area contributed by atoms with Gasteiger partial charge in [-0.25, -0.2) is 4.79 Å². The minimum absolute atomic E-state index is 0.163. The lowest BCUT2D eigenvalue weighted by atomic mass is 10.3. The summed E-state index contributed by atoms with van der Waals surface area (Å²) >= 11 is 0. The Morgan fingerprint density at radius 3 is 2.45 bits per heavy atom. The van der Waals surface area contributed by atoms with E-state index >= 15 is 0 Å². The summed E-state index contributed by atoms with van der Waals surface area (Å²) in [6.07, 6.45) is -0.168. The van der Waals surface area contributed by atoms with Crippen molar-refractivity contribution in [3.8, 4) is 0 Å². The molecule has 0 fully saturated rings. The molecule has 0 aliphatic carbocycles. The van der Waals surface area contributed by atoms with Crippen molar-refractivity contribution in [3.05, 3.63) is 12.2 Å². The quantitative estimate of drug-likeness (QED) is 0.357. The Bertz CT molecular complexity index is 183. The molecule has 0 aromatic heterocycles. The number of rotatable bonds is 3. The lowest BCUT2D eigenvalue weighted by Gasteiger charge is -1.99. The molecule has 0 aliphatic heterocycles. The highest BCUT2D eigenvalue weighted by Gasteiger charge is 2.09. The molecule has 62 valence electrons. The van der Waals surface area contributed by atoms with Crippen LogP contribution in [0, 0.1) is 0 Å². The summed E-state index contributed by atoms with van der Waals surface area (Å²) in [5, 5.41) is 8.25. The second-order valence-corrected chi connectivity index (χ2v) is 2.02. The topological polar surface area (TPSA) is 63.6 Å². The maximum atomic E-state index is 10.6. The number of ether oxygens (including phenoxy) is 1. The second kappa shape index (κ2) is 4.62. The SMILES string of the molecule is C=C(C)C(=O)OC(=O)CCO. The number of carbonyl (C=O) groups excluding carboxylic acids is 2. The third kappa shape index (κ3) is 4.27. The molecule has 0 spiro atoms. The van der Waals surface area contributed by atoms with Crippen LogP contribution in [0.15, 0.2) is 12.2 Å². The van der Waals surface area contributed by atoms with Crippen LogP contribution in [0.4, 0.5) is 0 Å². The number of esters is 2. The average molecular weight is 158 g/mol. The Kier molecular flexibility index (Phi) is 4.14. The first-order valence-electron chi connectivity index (χ1n) is 3.09. The standard InChI is InChI=1S/C7H10O4/c1-5(2)7(10)11-6(9)3-4-8/h8H,1,3-4H2,2H3. The van der Waals surface area contributed by atoms with Crippen molar-refractivity contribution in [1.29, 1.82) is 0 Å². The van der Waals surface area contributed by atoms with Gasteiger partial charge in [-0.2, -0.15) is 0 Å². The molecule has 4 nitrogen and oxygen atoms in total. The van der Waals surface area contributed by atoms with Crippen molar-refractivity contribution < 1.29 is 19.4 Å². The van der Waals surface area contributed by atoms with Gasteiger partial charge in [0.1, 0.15) is 0 Å². The number of carbonyl (C=O) groups is 2. The fourth-order valence-electron chi connectivity index (χ4n) is 0.333. The molecule has 0 saturated carbocycles. The molecular formula is C7H10O4. The zero-order valence-electron chi connectivity index (χ0n) is 6.29. The average Bonchev–Trinajstić information content (AvgIpc) is 1.87. The van der Waals surface area contributed by atoms with E-state index in [4.69, 9.17) is 5.11 Å². The highest BCUT2D eigenvalue weighted by atomic mass is 16.6. The van der Waals surface area contributed by atoms with Gasteiger partial charge in [0.05, 0.1) is 13.0 Å². The summed E-state index contributed by atoms with van der Waals surface area (Å²) < 4.78 is 4.21. The molecule has 0 rings (SSSR count). The molecule has 1 N–H and O–H groups in total. The van der Waals surface area contributed by atoms with E-state index < -0.39 is 11.9 Å². The van der Waals surface area contributed by atoms with Gasteiger partial charge in [0.15, 0.2) is 0 Å². The van der Waals surface area contributed by atoms with Crippen LogP contribution in [-0.4, -0.2) is 23.7 Å². The molecule has 0 saturated heterocycles. The van der Waals surface area contributed by atoms with Gasteiger partial charge >= 0.3 is 11.9 Å². The van der Waals surface area contributed by atoms with Crippen molar-refractivity contribution in [2.24, 2.45) is 0 Å². The highest BCUT2D eigenvalue weighted by molar-refractivity contribution is 5.95. The molecule has 11 heavy (non-hydrogen) atoms. The molecule has 0 radical (unpaired) electrons. The number of hydrogen-bond donors (Lipinski definition) is 1. The van der Waals surface area contributed by atoms with Gasteiger partial charge < -0.3 is 9.84 Å². The third-order valence-electron chi connectivity index (χ3n) is 0.871. The normalized spacial score (nSPS) is 8.91. The third-order valence-corrected chi connectivity index (χ3v) is 0.871. The minimum atomic E-state index is -0.747. The lowest BCUT2D eigenvalue weighted by molar-refractivity contribution is -0.157. The van der Waals surface area contributed by atoms with Crippen molar-refractivity contribution >= 4 is 11.9 Å². The summed E-state index contributed by atoms with van der Waals surface area (Å²) in [5.41, 5.74) is 0.163. The molecular weight excluding hydrogens is 148 g/mol. The van der Waals surface area contributed by atoms with Gasteiger partial charge in [-0.1, -0.05) is 6.58 Å². The zero-order valence-corrected chi connectivity index (χ0v) is 6.29. The van der Waals surface area contributed by atoms with Crippen LogP contribution in [0.1, 0.15) is 13.3 Å². The van der Waals surface area contributed by atoms with E-state index in [9.17, 15) is 9.59 Å². The highest BCUT2D eigenvalue weighted by Crippen LogP contribution is 1.94. The van der Waals surface area contributed by atoms with E-state index in [1.165, 1.54) is 6.92 Å². The maximum Gasteiger partial charge on any atom is 0.340 e. The molecule has 0 bridgehead atoms. The van der Waals surface area contributed by atoms with Crippen molar-refractivity contribution in [2.75, 3.05) is 6.61 Å². The van der Waals surface area contributed by atoms with Crippen LogP contribution in [0.25, 0.3) is 0 Å². The van der Waals surface area contributed by atoms with E-state index in [2.05, 4.69) is 11.3 Å². The van der Waals surface area contributed by atoms with Gasteiger partial charge in [-0.3, -0.25) is 4.79 Å². The number of aliphatic hydroxyl groups is 1. The Morgan fingerprint density at radius 1 is 1.55 bits per heavy atom. The van der Waals surface area contributed by atoms with E-state index in [1.54, 1.807) is 0 Å². The predicted octanol–water partition coefficient (Wildman–Crippen LogP) is 0.0147. The van der Waals surface area contributed by atoms with Crippen molar-refractivity contribution in [1.82, 2.24) is 0 Å². The first-order valence-corrected chi connectivity index (χ1v) is 3.09. The Hall–Kier alpha value is -1.16. The molecule has 0 aromatic carbocycles. The van der Waals surface area contributed by atoms with E-state index in [-0.39, 0.29) is 18.6 Å². The maximum absolute atomic E-state index is 10.6. The molecule has 0 unspecified atom stereocenters. The Balaban J connectivity index is 3.76. The van der Waals surface area contributed by atoms with Crippen LogP contribution in [0.5, 0.6) is 0 Å². The molecule has 0 amide bonds. The van der Waals surface area contributed by atoms with Gasteiger partial charge in [-0.05, 0) is 6.92 Å². The summed E-state index contributed by atoms with van der Waals surface area (Å²) in [6.45, 7) is 4.40. The first kappa shape index (κ1) is 9.84. The van der Waals surface area contributed by atoms with Gasteiger partial charge in [0.2, 0.25) is 0 Å². The summed E-state index contributed by atoms with van der Waals surface area (Å²) in [6, 6.07) is 0. The van der Waals surface area contributed by atoms with Gasteiger partial charge in [0.25, 0.3) is 0 Å². The smallest absolute Gasteiger partial charge is 0.340 e. The van der Waals surface area contributed by atoms with Crippen LogP contribution in [0.2, 0.25) is 0 Å². The summed E-state index contributed by atoms with van der Waals surface area (Å²) in [4.78, 5) is 21.1. The summed E-state index contributed by atoms with van der Waals surface area (Å²) in [5.74, 6) is -1.48. The minimum Gasteiger partial charge on any atom is -0.396 e. The van der Waals surface area contributed by atoms with E-state index in [0.29, 0.717) is 0 Å². The Labute approximate surface area is 64.5 Å². The van der Waals surface area contributed by atoms with Gasteiger partial charge in [0, 0.05) is 5.57 Å². The molecule has 0 heterocycles. The summed E-state index contributed by atoms with van der Waals surface area (Å²) in [7, 11) is 0. The van der Waals surface area contributed by atoms with Crippen LogP contribution >= 0.6 is 0 Å². The fraction of sp³-hybridized carbons (Fsp3) is 0.429. The molecule has 0 aromatic rings. The van der Waals surface area contributed by atoms with Crippen molar-refractivity contribution in [2.45, 2.75) is 13.3 Å². The predicted molar refractivity (Wildman–Crippen MR) is 37.6 cm³/mol. The monoisotopic (exact) mass is 158 g/mol. The largest absolute Gasteiger partial charge is 0.396 e. The zero-order chi connectivity index (χ0) is 8.85. The Morgan fingerprint density at radius 2 is 2.09 bits per heavy atom.